The Morgan fingerprint density at radius 3 is 2.73 bits per heavy atom. The van der Waals surface area contributed by atoms with Crippen molar-refractivity contribution >= 4 is 16.8 Å². The van der Waals surface area contributed by atoms with Gasteiger partial charge in [-0.15, -0.1) is 0 Å². The number of rotatable bonds is 6. The van der Waals surface area contributed by atoms with Crippen LogP contribution in [-0.4, -0.2) is 33.6 Å². The molecule has 0 saturated heterocycles. The minimum atomic E-state index is -4.44. The maximum Gasteiger partial charge on any atom is 0.422 e. The van der Waals surface area contributed by atoms with Gasteiger partial charge in [0, 0.05) is 17.5 Å². The second kappa shape index (κ2) is 7.89. The van der Waals surface area contributed by atoms with Gasteiger partial charge < -0.3 is 10.1 Å². The summed E-state index contributed by atoms with van der Waals surface area (Å²) in [7, 11) is 0. The molecule has 1 unspecified atom stereocenters. The fraction of sp³-hybridized carbons (Fsp3) is 0.333. The van der Waals surface area contributed by atoms with Crippen LogP contribution in [0.15, 0.2) is 48.9 Å². The lowest BCUT2D eigenvalue weighted by molar-refractivity contribution is -0.154. The summed E-state index contributed by atoms with van der Waals surface area (Å²) in [5.41, 5.74) is 2.39. The quantitative estimate of drug-likeness (QED) is 0.659. The number of amides is 1. The number of aromatic nitrogens is 3. The number of fused-ring (bicyclic) bond motifs is 1. The third-order valence-corrected chi connectivity index (χ3v) is 5.00. The van der Waals surface area contributed by atoms with Crippen LogP contribution < -0.4 is 10.1 Å². The maximum absolute atomic E-state index is 12.6. The molecule has 1 fully saturated rings. The van der Waals surface area contributed by atoms with Gasteiger partial charge in [-0.1, -0.05) is 18.2 Å². The molecule has 9 heteroatoms. The molecule has 4 rings (SSSR count). The van der Waals surface area contributed by atoms with Gasteiger partial charge in [0.25, 0.3) is 0 Å². The van der Waals surface area contributed by atoms with E-state index >= 15 is 0 Å². The highest BCUT2D eigenvalue weighted by atomic mass is 19.4. The van der Waals surface area contributed by atoms with E-state index in [1.807, 2.05) is 30.5 Å². The number of carbonyl (C=O) groups is 1. The summed E-state index contributed by atoms with van der Waals surface area (Å²) in [6.07, 6.45) is 0.533. The number of benzene rings is 1. The van der Waals surface area contributed by atoms with Crippen LogP contribution >= 0.6 is 0 Å². The minimum absolute atomic E-state index is 0.0974. The number of para-hydroxylation sites is 1. The van der Waals surface area contributed by atoms with E-state index in [1.165, 1.54) is 6.20 Å². The zero-order chi connectivity index (χ0) is 21.3. The van der Waals surface area contributed by atoms with Crippen molar-refractivity contribution in [2.45, 2.75) is 31.5 Å². The molecular formula is C21H19F3N4O2. The molecule has 1 saturated carbocycles. The van der Waals surface area contributed by atoms with E-state index in [9.17, 15) is 18.0 Å². The van der Waals surface area contributed by atoms with Crippen LogP contribution in [0.4, 0.5) is 13.2 Å². The Labute approximate surface area is 170 Å². The van der Waals surface area contributed by atoms with Crippen molar-refractivity contribution in [3.05, 3.63) is 60.2 Å². The number of hydrogen-bond donors (Lipinski definition) is 1. The average Bonchev–Trinajstić information content (AvgIpc) is 3.53. The molecule has 1 aliphatic carbocycles. The summed E-state index contributed by atoms with van der Waals surface area (Å²) in [6.45, 7) is 0.313. The molecule has 0 radical (unpaired) electrons. The molecule has 30 heavy (non-hydrogen) atoms. The van der Waals surface area contributed by atoms with Crippen LogP contribution in [0.2, 0.25) is 0 Å². The second-order valence-electron chi connectivity index (χ2n) is 7.32. The smallest absolute Gasteiger partial charge is 0.422 e. The van der Waals surface area contributed by atoms with E-state index in [4.69, 9.17) is 0 Å². The van der Waals surface area contributed by atoms with Crippen molar-refractivity contribution < 1.29 is 22.7 Å². The molecule has 2 heterocycles. The Hall–Kier alpha value is -3.23. The summed E-state index contributed by atoms with van der Waals surface area (Å²) >= 11 is 0. The van der Waals surface area contributed by atoms with Crippen LogP contribution in [0, 0.1) is 5.92 Å². The number of carbonyl (C=O) groups excluding carboxylic acids is 1. The SMILES string of the molecule is CC(NC(=O)[C@@H]1C[C@H]1c1cnc2ccccc2c1)c1cnc(OCC(F)(F)F)cn1. The second-order valence-corrected chi connectivity index (χ2v) is 7.32. The van der Waals surface area contributed by atoms with Crippen LogP contribution in [0.3, 0.4) is 0 Å². The standard InChI is InChI=1S/C21H19F3N4O2/c1-12(18-9-27-19(10-26-18)30-11-21(22,23)24)28-20(29)16-7-15(16)14-6-13-4-2-3-5-17(13)25-8-14/h2-6,8-10,12,15-16H,7,11H2,1H3,(H,28,29)/t12?,15-,16+/m0/s1. The molecule has 3 aromatic rings. The van der Waals surface area contributed by atoms with Gasteiger partial charge in [-0.05, 0) is 37.0 Å². The van der Waals surface area contributed by atoms with E-state index in [1.54, 1.807) is 6.92 Å². The topological polar surface area (TPSA) is 77.0 Å². The van der Waals surface area contributed by atoms with Gasteiger partial charge in [-0.2, -0.15) is 13.2 Å². The number of ether oxygens (including phenoxy) is 1. The first-order chi connectivity index (χ1) is 14.3. The molecule has 1 amide bonds. The Morgan fingerprint density at radius 2 is 2.00 bits per heavy atom. The first kappa shape index (κ1) is 20.1. The van der Waals surface area contributed by atoms with Crippen LogP contribution in [0.5, 0.6) is 5.88 Å². The van der Waals surface area contributed by atoms with Gasteiger partial charge >= 0.3 is 6.18 Å². The normalized spacial score (nSPS) is 19.3. The van der Waals surface area contributed by atoms with E-state index < -0.39 is 18.8 Å². The minimum Gasteiger partial charge on any atom is -0.467 e. The van der Waals surface area contributed by atoms with Crippen LogP contribution in [-0.2, 0) is 4.79 Å². The van der Waals surface area contributed by atoms with Crippen molar-refractivity contribution in [1.29, 1.82) is 0 Å². The van der Waals surface area contributed by atoms with Gasteiger partial charge in [-0.25, -0.2) is 4.98 Å². The van der Waals surface area contributed by atoms with Gasteiger partial charge in [-0.3, -0.25) is 14.8 Å². The summed E-state index contributed by atoms with van der Waals surface area (Å²) < 4.78 is 41.1. The third-order valence-electron chi connectivity index (χ3n) is 5.00. The summed E-state index contributed by atoms with van der Waals surface area (Å²) in [5, 5.41) is 3.93. The summed E-state index contributed by atoms with van der Waals surface area (Å²) in [5.74, 6) is -0.336. The maximum atomic E-state index is 12.6. The Kier molecular flexibility index (Phi) is 5.27. The number of pyridine rings is 1. The average molecular weight is 416 g/mol. The first-order valence-corrected chi connectivity index (χ1v) is 9.47. The number of hydrogen-bond acceptors (Lipinski definition) is 5. The molecule has 3 atom stereocenters. The van der Waals surface area contributed by atoms with Crippen molar-refractivity contribution in [3.8, 4) is 5.88 Å². The molecule has 1 N–H and O–H groups in total. The zero-order valence-corrected chi connectivity index (χ0v) is 16.1. The predicted molar refractivity (Wildman–Crippen MR) is 103 cm³/mol. The summed E-state index contributed by atoms with van der Waals surface area (Å²) in [6, 6.07) is 9.45. The highest BCUT2D eigenvalue weighted by Crippen LogP contribution is 2.48. The zero-order valence-electron chi connectivity index (χ0n) is 16.1. The molecule has 6 nitrogen and oxygen atoms in total. The van der Waals surface area contributed by atoms with E-state index in [0.717, 1.165) is 29.1 Å². The van der Waals surface area contributed by atoms with E-state index in [2.05, 4.69) is 31.1 Å². The van der Waals surface area contributed by atoms with Gasteiger partial charge in [0.05, 0.1) is 29.6 Å². The Morgan fingerprint density at radius 1 is 1.20 bits per heavy atom. The highest BCUT2D eigenvalue weighted by Gasteiger charge is 2.44. The molecule has 156 valence electrons. The van der Waals surface area contributed by atoms with Crippen molar-refractivity contribution in [1.82, 2.24) is 20.3 Å². The number of halogens is 3. The molecule has 0 spiro atoms. The van der Waals surface area contributed by atoms with E-state index in [0.29, 0.717) is 5.69 Å². The third kappa shape index (κ3) is 4.67. The van der Waals surface area contributed by atoms with Crippen molar-refractivity contribution in [2.75, 3.05) is 6.61 Å². The number of nitrogens with one attached hydrogen (secondary N) is 1. The molecule has 1 aliphatic rings. The number of alkyl halides is 3. The van der Waals surface area contributed by atoms with Gasteiger partial charge in [0.15, 0.2) is 6.61 Å². The van der Waals surface area contributed by atoms with E-state index in [-0.39, 0.29) is 23.6 Å². The lowest BCUT2D eigenvalue weighted by Gasteiger charge is -2.14. The van der Waals surface area contributed by atoms with Crippen LogP contribution in [0.25, 0.3) is 10.9 Å². The number of nitrogens with zero attached hydrogens (tertiary/aromatic N) is 3. The van der Waals surface area contributed by atoms with Crippen molar-refractivity contribution in [2.24, 2.45) is 5.92 Å². The van der Waals surface area contributed by atoms with Crippen LogP contribution in [0.1, 0.15) is 36.6 Å². The van der Waals surface area contributed by atoms with Crippen molar-refractivity contribution in [3.63, 3.8) is 0 Å². The lowest BCUT2D eigenvalue weighted by Crippen LogP contribution is -2.29. The molecule has 1 aromatic carbocycles. The Bertz CT molecular complexity index is 1060. The summed E-state index contributed by atoms with van der Waals surface area (Å²) in [4.78, 5) is 24.9. The fourth-order valence-corrected chi connectivity index (χ4v) is 3.32. The van der Waals surface area contributed by atoms with Gasteiger partial charge in [0.2, 0.25) is 11.8 Å². The predicted octanol–water partition coefficient (Wildman–Crippen LogP) is 3.95. The van der Waals surface area contributed by atoms with Gasteiger partial charge in [0.1, 0.15) is 0 Å². The Balaban J connectivity index is 1.33. The first-order valence-electron chi connectivity index (χ1n) is 9.47. The lowest BCUT2D eigenvalue weighted by atomic mass is 10.1. The molecular weight excluding hydrogens is 397 g/mol. The fourth-order valence-electron chi connectivity index (χ4n) is 3.32. The molecule has 2 aromatic heterocycles. The highest BCUT2D eigenvalue weighted by molar-refractivity contribution is 5.84. The molecule has 0 bridgehead atoms. The molecule has 0 aliphatic heterocycles. The monoisotopic (exact) mass is 416 g/mol. The largest absolute Gasteiger partial charge is 0.467 e.